The summed E-state index contributed by atoms with van der Waals surface area (Å²) in [6, 6.07) is 16.3. The minimum absolute atomic E-state index is 0.0126. The third kappa shape index (κ3) is 4.64. The normalized spacial score (nSPS) is 10.9. The maximum Gasteiger partial charge on any atom is 0.255 e. The Morgan fingerprint density at radius 3 is 2.52 bits per heavy atom. The smallest absolute Gasteiger partial charge is 0.255 e. The number of Topliss-reactive ketones (excluding diaryl/α,β-unsaturated/α-hetero) is 1. The average molecular weight is 432 g/mol. The van der Waals surface area contributed by atoms with Gasteiger partial charge >= 0.3 is 0 Å². The number of rotatable bonds is 6. The summed E-state index contributed by atoms with van der Waals surface area (Å²) in [5.41, 5.74) is 4.57. The number of ketones is 1. The molecule has 0 bridgehead atoms. The standard InChI is InChI=1S/C23H21N5O2S/c1-14-12-15(2)28-22(24-14)26-23(27-28)31-13-18-6-4-5-7-20(18)21(30)25-19-10-8-17(9-11-19)16(3)29/h4-12H,13H2,1-3H3,(H,25,30). The topological polar surface area (TPSA) is 89.2 Å². The molecule has 0 atom stereocenters. The number of hydrogen-bond donors (Lipinski definition) is 1. The Balaban J connectivity index is 1.50. The largest absolute Gasteiger partial charge is 0.322 e. The van der Waals surface area contributed by atoms with Crippen molar-refractivity contribution in [2.75, 3.05) is 5.32 Å². The maximum absolute atomic E-state index is 12.9. The molecule has 4 rings (SSSR count). The fraction of sp³-hybridized carbons (Fsp3) is 0.174. The number of carbonyl (C=O) groups excluding carboxylic acids is 2. The third-order valence-electron chi connectivity index (χ3n) is 4.77. The van der Waals surface area contributed by atoms with E-state index in [1.165, 1.54) is 18.7 Å². The van der Waals surface area contributed by atoms with E-state index in [4.69, 9.17) is 0 Å². The summed E-state index contributed by atoms with van der Waals surface area (Å²) < 4.78 is 1.72. The van der Waals surface area contributed by atoms with Crippen molar-refractivity contribution in [1.29, 1.82) is 0 Å². The second-order valence-electron chi connectivity index (χ2n) is 7.18. The molecule has 1 N–H and O–H groups in total. The molecule has 31 heavy (non-hydrogen) atoms. The number of aromatic nitrogens is 4. The molecule has 156 valence electrons. The predicted molar refractivity (Wildman–Crippen MR) is 121 cm³/mol. The van der Waals surface area contributed by atoms with Crippen molar-refractivity contribution in [2.24, 2.45) is 0 Å². The lowest BCUT2D eigenvalue weighted by atomic mass is 10.1. The molecule has 0 radical (unpaired) electrons. The average Bonchev–Trinajstić information content (AvgIpc) is 3.16. The zero-order valence-electron chi connectivity index (χ0n) is 17.4. The molecule has 0 spiro atoms. The highest BCUT2D eigenvalue weighted by Gasteiger charge is 2.14. The van der Waals surface area contributed by atoms with Crippen LogP contribution in [0.5, 0.6) is 0 Å². The van der Waals surface area contributed by atoms with Crippen LogP contribution in [-0.2, 0) is 5.75 Å². The highest BCUT2D eigenvalue weighted by atomic mass is 32.2. The highest BCUT2D eigenvalue weighted by molar-refractivity contribution is 7.98. The molecular weight excluding hydrogens is 410 g/mol. The molecule has 0 saturated carbocycles. The number of hydrogen-bond acceptors (Lipinski definition) is 6. The minimum Gasteiger partial charge on any atom is -0.322 e. The molecule has 0 fully saturated rings. The predicted octanol–water partition coefficient (Wildman–Crippen LogP) is 4.49. The maximum atomic E-state index is 12.9. The number of benzene rings is 2. The number of nitrogens with one attached hydrogen (secondary N) is 1. The minimum atomic E-state index is -0.206. The fourth-order valence-corrected chi connectivity index (χ4v) is 4.03. The number of anilines is 1. The Kier molecular flexibility index (Phi) is 5.81. The Morgan fingerprint density at radius 1 is 1.03 bits per heavy atom. The molecule has 2 heterocycles. The van der Waals surface area contributed by atoms with Crippen LogP contribution in [0.2, 0.25) is 0 Å². The van der Waals surface area contributed by atoms with Crippen LogP contribution in [0.25, 0.3) is 5.78 Å². The van der Waals surface area contributed by atoms with Crippen molar-refractivity contribution in [1.82, 2.24) is 19.6 Å². The summed E-state index contributed by atoms with van der Waals surface area (Å²) in [7, 11) is 0. The summed E-state index contributed by atoms with van der Waals surface area (Å²) in [6.45, 7) is 5.41. The summed E-state index contributed by atoms with van der Waals surface area (Å²) >= 11 is 1.46. The highest BCUT2D eigenvalue weighted by Crippen LogP contribution is 2.23. The lowest BCUT2D eigenvalue weighted by Crippen LogP contribution is -2.14. The summed E-state index contributed by atoms with van der Waals surface area (Å²) in [4.78, 5) is 33.2. The molecule has 0 saturated heterocycles. The van der Waals surface area contributed by atoms with Crippen molar-refractivity contribution in [3.63, 3.8) is 0 Å². The van der Waals surface area contributed by atoms with Crippen molar-refractivity contribution in [2.45, 2.75) is 31.7 Å². The van der Waals surface area contributed by atoms with Gasteiger partial charge in [-0.15, -0.1) is 5.10 Å². The van der Waals surface area contributed by atoms with Crippen LogP contribution in [-0.4, -0.2) is 31.3 Å². The van der Waals surface area contributed by atoms with Gasteiger partial charge in [0.15, 0.2) is 5.78 Å². The van der Waals surface area contributed by atoms with E-state index in [1.807, 2.05) is 38.1 Å². The number of fused-ring (bicyclic) bond motifs is 1. The van der Waals surface area contributed by atoms with Crippen LogP contribution < -0.4 is 5.32 Å². The van der Waals surface area contributed by atoms with Crippen LogP contribution in [0.4, 0.5) is 5.69 Å². The molecule has 2 aromatic heterocycles. The van der Waals surface area contributed by atoms with Crippen molar-refractivity contribution in [3.05, 3.63) is 82.7 Å². The zero-order chi connectivity index (χ0) is 22.0. The molecule has 2 aromatic carbocycles. The quantitative estimate of drug-likeness (QED) is 0.357. The summed E-state index contributed by atoms with van der Waals surface area (Å²) in [5, 5.41) is 8.01. The molecular formula is C23H21N5O2S. The monoisotopic (exact) mass is 431 g/mol. The van der Waals surface area contributed by atoms with E-state index in [9.17, 15) is 9.59 Å². The molecule has 0 aliphatic heterocycles. The molecule has 0 unspecified atom stereocenters. The van der Waals surface area contributed by atoms with E-state index in [-0.39, 0.29) is 11.7 Å². The van der Waals surface area contributed by atoms with Gasteiger partial charge in [0.1, 0.15) is 0 Å². The van der Waals surface area contributed by atoms with Gasteiger partial charge in [0.2, 0.25) is 5.16 Å². The van der Waals surface area contributed by atoms with Gasteiger partial charge in [-0.3, -0.25) is 9.59 Å². The zero-order valence-corrected chi connectivity index (χ0v) is 18.2. The first-order chi connectivity index (χ1) is 14.9. The van der Waals surface area contributed by atoms with E-state index in [0.29, 0.717) is 33.5 Å². The van der Waals surface area contributed by atoms with Gasteiger partial charge in [-0.1, -0.05) is 30.0 Å². The number of amides is 1. The van der Waals surface area contributed by atoms with Crippen molar-refractivity contribution < 1.29 is 9.59 Å². The van der Waals surface area contributed by atoms with E-state index < -0.39 is 0 Å². The molecule has 1 amide bonds. The first-order valence-corrected chi connectivity index (χ1v) is 10.7. The van der Waals surface area contributed by atoms with Crippen molar-refractivity contribution >= 4 is 34.9 Å². The Morgan fingerprint density at radius 2 is 1.77 bits per heavy atom. The second kappa shape index (κ2) is 8.69. The van der Waals surface area contributed by atoms with E-state index in [1.54, 1.807) is 34.8 Å². The summed E-state index contributed by atoms with van der Waals surface area (Å²) in [6.07, 6.45) is 0. The van der Waals surface area contributed by atoms with Crippen LogP contribution in [0.15, 0.2) is 59.8 Å². The second-order valence-corrected chi connectivity index (χ2v) is 8.12. The van der Waals surface area contributed by atoms with Gasteiger partial charge in [0, 0.05) is 34.0 Å². The van der Waals surface area contributed by atoms with E-state index in [0.717, 1.165) is 17.0 Å². The van der Waals surface area contributed by atoms with E-state index >= 15 is 0 Å². The Bertz CT molecular complexity index is 1280. The van der Waals surface area contributed by atoms with Gasteiger partial charge < -0.3 is 5.32 Å². The van der Waals surface area contributed by atoms with Gasteiger partial charge in [-0.2, -0.15) is 4.98 Å². The van der Waals surface area contributed by atoms with Gasteiger partial charge in [-0.05, 0) is 62.7 Å². The SMILES string of the molecule is CC(=O)c1ccc(NC(=O)c2ccccc2CSc2nc3nc(C)cc(C)n3n2)cc1. The summed E-state index contributed by atoms with van der Waals surface area (Å²) in [5.74, 6) is 0.895. The van der Waals surface area contributed by atoms with Crippen LogP contribution >= 0.6 is 11.8 Å². The molecule has 0 aliphatic carbocycles. The lowest BCUT2D eigenvalue weighted by Gasteiger charge is -2.10. The van der Waals surface area contributed by atoms with Crippen LogP contribution in [0.3, 0.4) is 0 Å². The van der Waals surface area contributed by atoms with Gasteiger partial charge in [0.05, 0.1) is 0 Å². The fourth-order valence-electron chi connectivity index (χ4n) is 3.21. The lowest BCUT2D eigenvalue weighted by molar-refractivity contribution is 0.101. The van der Waals surface area contributed by atoms with Crippen LogP contribution in [0.1, 0.15) is 44.6 Å². The Hall–Kier alpha value is -3.52. The van der Waals surface area contributed by atoms with Crippen molar-refractivity contribution in [3.8, 4) is 0 Å². The molecule has 7 nitrogen and oxygen atoms in total. The molecule has 0 aliphatic rings. The number of aryl methyl sites for hydroxylation is 2. The van der Waals surface area contributed by atoms with Crippen LogP contribution in [0, 0.1) is 13.8 Å². The van der Waals surface area contributed by atoms with Gasteiger partial charge in [0.25, 0.3) is 11.7 Å². The number of carbonyl (C=O) groups is 2. The first kappa shape index (κ1) is 20.7. The third-order valence-corrected chi connectivity index (χ3v) is 5.65. The molecule has 4 aromatic rings. The number of nitrogens with zero attached hydrogens (tertiary/aromatic N) is 4. The van der Waals surface area contributed by atoms with Gasteiger partial charge in [-0.25, -0.2) is 9.50 Å². The molecule has 8 heteroatoms. The van der Waals surface area contributed by atoms with E-state index in [2.05, 4.69) is 20.4 Å². The number of thioether (sulfide) groups is 1. The first-order valence-electron chi connectivity index (χ1n) is 9.75. The Labute approximate surface area is 183 Å².